The Labute approximate surface area is 159 Å². The fourth-order valence-electron chi connectivity index (χ4n) is 2.59. The van der Waals surface area contributed by atoms with Crippen LogP contribution < -0.4 is 20.1 Å². The minimum atomic E-state index is -0.285. The molecule has 0 spiro atoms. The number of ketones is 1. The zero-order valence-corrected chi connectivity index (χ0v) is 16.0. The Balaban J connectivity index is 1.69. The Kier molecular flexibility index (Phi) is 7.67. The highest BCUT2D eigenvalue weighted by Crippen LogP contribution is 2.27. The minimum Gasteiger partial charge on any atom is -0.493 e. The third kappa shape index (κ3) is 6.33. The van der Waals surface area contributed by atoms with E-state index in [1.807, 2.05) is 37.3 Å². The third-order valence-corrected chi connectivity index (χ3v) is 4.16. The van der Waals surface area contributed by atoms with Crippen LogP contribution in [0.1, 0.15) is 27.9 Å². The van der Waals surface area contributed by atoms with Crippen molar-refractivity contribution < 1.29 is 19.1 Å². The molecule has 6 heteroatoms. The number of hydrogen-bond donors (Lipinski definition) is 2. The van der Waals surface area contributed by atoms with Gasteiger partial charge in [0.25, 0.3) is 0 Å². The lowest BCUT2D eigenvalue weighted by Gasteiger charge is -2.10. The zero-order valence-electron chi connectivity index (χ0n) is 16.0. The van der Waals surface area contributed by atoms with Gasteiger partial charge in [-0.05, 0) is 31.0 Å². The normalized spacial score (nSPS) is 10.2. The van der Waals surface area contributed by atoms with Crippen LogP contribution in [0.4, 0.5) is 4.79 Å². The predicted molar refractivity (Wildman–Crippen MR) is 105 cm³/mol. The Bertz CT molecular complexity index is 772. The summed E-state index contributed by atoms with van der Waals surface area (Å²) in [6, 6.07) is 12.8. The van der Waals surface area contributed by atoms with Crippen LogP contribution in [-0.4, -0.2) is 39.1 Å². The molecule has 144 valence electrons. The standard InChI is InChI=1S/C21H26N2O4/c1-15-4-7-17(8-5-15)18(24)11-13-23-21(25)22-12-10-16-6-9-19(26-2)20(14-16)27-3/h4-9,14H,10-13H2,1-3H3,(H2,22,23,25). The van der Waals surface area contributed by atoms with E-state index in [1.54, 1.807) is 26.4 Å². The summed E-state index contributed by atoms with van der Waals surface area (Å²) in [6.45, 7) is 2.75. The number of aryl methyl sites for hydroxylation is 1. The Hall–Kier alpha value is -3.02. The number of rotatable bonds is 9. The highest BCUT2D eigenvalue weighted by molar-refractivity contribution is 5.96. The van der Waals surface area contributed by atoms with Gasteiger partial charge in [0.1, 0.15) is 0 Å². The lowest BCUT2D eigenvalue weighted by Crippen LogP contribution is -2.37. The maximum absolute atomic E-state index is 12.1. The van der Waals surface area contributed by atoms with Gasteiger partial charge < -0.3 is 20.1 Å². The van der Waals surface area contributed by atoms with E-state index in [1.165, 1.54) is 0 Å². The van der Waals surface area contributed by atoms with Crippen molar-refractivity contribution in [2.45, 2.75) is 19.8 Å². The topological polar surface area (TPSA) is 76.7 Å². The Morgan fingerprint density at radius 2 is 1.56 bits per heavy atom. The highest BCUT2D eigenvalue weighted by atomic mass is 16.5. The first-order valence-electron chi connectivity index (χ1n) is 8.86. The van der Waals surface area contributed by atoms with Crippen molar-refractivity contribution in [3.05, 3.63) is 59.2 Å². The number of carbonyl (C=O) groups is 2. The number of methoxy groups -OCH3 is 2. The van der Waals surface area contributed by atoms with Crippen LogP contribution in [0.25, 0.3) is 0 Å². The largest absolute Gasteiger partial charge is 0.493 e. The maximum Gasteiger partial charge on any atom is 0.314 e. The molecule has 0 aliphatic rings. The lowest BCUT2D eigenvalue weighted by molar-refractivity contribution is 0.0983. The van der Waals surface area contributed by atoms with Crippen LogP contribution in [0.5, 0.6) is 11.5 Å². The molecule has 0 bridgehead atoms. The van der Waals surface area contributed by atoms with E-state index in [0.717, 1.165) is 11.1 Å². The van der Waals surface area contributed by atoms with Gasteiger partial charge in [0.15, 0.2) is 17.3 Å². The van der Waals surface area contributed by atoms with Crippen molar-refractivity contribution >= 4 is 11.8 Å². The van der Waals surface area contributed by atoms with Gasteiger partial charge in [-0.3, -0.25) is 4.79 Å². The number of carbonyl (C=O) groups excluding carboxylic acids is 2. The number of nitrogens with one attached hydrogen (secondary N) is 2. The van der Waals surface area contributed by atoms with E-state index >= 15 is 0 Å². The molecule has 0 saturated heterocycles. The minimum absolute atomic E-state index is 0.0145. The quantitative estimate of drug-likeness (QED) is 0.665. The van der Waals surface area contributed by atoms with E-state index < -0.39 is 0 Å². The van der Waals surface area contributed by atoms with Crippen LogP contribution in [0.2, 0.25) is 0 Å². The molecule has 0 fully saturated rings. The van der Waals surface area contributed by atoms with Crippen LogP contribution >= 0.6 is 0 Å². The van der Waals surface area contributed by atoms with Gasteiger partial charge in [0, 0.05) is 25.1 Å². The van der Waals surface area contributed by atoms with E-state index in [2.05, 4.69) is 10.6 Å². The molecule has 0 unspecified atom stereocenters. The SMILES string of the molecule is COc1ccc(CCNC(=O)NCCC(=O)c2ccc(C)cc2)cc1OC. The van der Waals surface area contributed by atoms with Crippen molar-refractivity contribution in [3.8, 4) is 11.5 Å². The molecule has 2 aromatic carbocycles. The molecule has 0 aliphatic carbocycles. The van der Waals surface area contributed by atoms with Crippen LogP contribution in [-0.2, 0) is 6.42 Å². The number of ether oxygens (including phenoxy) is 2. The molecule has 0 aromatic heterocycles. The van der Waals surface area contributed by atoms with Gasteiger partial charge in [-0.15, -0.1) is 0 Å². The summed E-state index contributed by atoms with van der Waals surface area (Å²) in [7, 11) is 3.18. The Morgan fingerprint density at radius 3 is 2.22 bits per heavy atom. The monoisotopic (exact) mass is 370 g/mol. The summed E-state index contributed by atoms with van der Waals surface area (Å²) in [4.78, 5) is 23.9. The molecule has 0 atom stereocenters. The fraction of sp³-hybridized carbons (Fsp3) is 0.333. The van der Waals surface area contributed by atoms with E-state index in [-0.39, 0.29) is 18.2 Å². The van der Waals surface area contributed by atoms with Crippen LogP contribution in [0, 0.1) is 6.92 Å². The number of amides is 2. The first-order valence-corrected chi connectivity index (χ1v) is 8.86. The maximum atomic E-state index is 12.1. The fourth-order valence-corrected chi connectivity index (χ4v) is 2.59. The molecular formula is C21H26N2O4. The second-order valence-corrected chi connectivity index (χ2v) is 6.16. The molecule has 0 saturated carbocycles. The summed E-state index contributed by atoms with van der Waals surface area (Å²) in [5, 5.41) is 5.49. The smallest absolute Gasteiger partial charge is 0.314 e. The van der Waals surface area contributed by atoms with Crippen molar-refractivity contribution in [2.24, 2.45) is 0 Å². The average Bonchev–Trinajstić information content (AvgIpc) is 2.68. The molecule has 6 nitrogen and oxygen atoms in total. The molecular weight excluding hydrogens is 344 g/mol. The number of urea groups is 1. The number of Topliss-reactive ketones (excluding diaryl/α,β-unsaturated/α-hetero) is 1. The first-order chi connectivity index (χ1) is 13.0. The summed E-state index contributed by atoms with van der Waals surface area (Å²) in [6.07, 6.45) is 0.933. The molecule has 2 N–H and O–H groups in total. The van der Waals surface area contributed by atoms with Gasteiger partial charge in [-0.1, -0.05) is 35.9 Å². The first kappa shape index (κ1) is 20.3. The predicted octanol–water partition coefficient (Wildman–Crippen LogP) is 3.13. The molecule has 0 heterocycles. The van der Waals surface area contributed by atoms with Crippen molar-refractivity contribution in [1.29, 1.82) is 0 Å². The molecule has 0 aliphatic heterocycles. The van der Waals surface area contributed by atoms with Gasteiger partial charge in [-0.25, -0.2) is 4.79 Å². The molecule has 2 aromatic rings. The van der Waals surface area contributed by atoms with Gasteiger partial charge in [-0.2, -0.15) is 0 Å². The van der Waals surface area contributed by atoms with Gasteiger partial charge in [0.2, 0.25) is 0 Å². The summed E-state index contributed by atoms with van der Waals surface area (Å²) < 4.78 is 10.5. The highest BCUT2D eigenvalue weighted by Gasteiger charge is 2.07. The second kappa shape index (κ2) is 10.2. The van der Waals surface area contributed by atoms with E-state index in [0.29, 0.717) is 36.6 Å². The average molecular weight is 370 g/mol. The molecule has 27 heavy (non-hydrogen) atoms. The summed E-state index contributed by atoms with van der Waals surface area (Å²) in [5.74, 6) is 1.35. The zero-order chi connectivity index (χ0) is 19.6. The van der Waals surface area contributed by atoms with E-state index in [9.17, 15) is 9.59 Å². The van der Waals surface area contributed by atoms with E-state index in [4.69, 9.17) is 9.47 Å². The second-order valence-electron chi connectivity index (χ2n) is 6.16. The summed E-state index contributed by atoms with van der Waals surface area (Å²) in [5.41, 5.74) is 2.80. The van der Waals surface area contributed by atoms with Crippen LogP contribution in [0.15, 0.2) is 42.5 Å². The van der Waals surface area contributed by atoms with Gasteiger partial charge >= 0.3 is 6.03 Å². The van der Waals surface area contributed by atoms with Crippen molar-refractivity contribution in [2.75, 3.05) is 27.3 Å². The summed E-state index contributed by atoms with van der Waals surface area (Å²) >= 11 is 0. The van der Waals surface area contributed by atoms with Crippen molar-refractivity contribution in [3.63, 3.8) is 0 Å². The molecule has 0 radical (unpaired) electrons. The number of hydrogen-bond acceptors (Lipinski definition) is 4. The van der Waals surface area contributed by atoms with Gasteiger partial charge in [0.05, 0.1) is 14.2 Å². The number of benzene rings is 2. The molecule has 2 rings (SSSR count). The van der Waals surface area contributed by atoms with Crippen LogP contribution in [0.3, 0.4) is 0 Å². The third-order valence-electron chi connectivity index (χ3n) is 4.16. The molecule has 2 amide bonds. The lowest BCUT2D eigenvalue weighted by atomic mass is 10.1. The Morgan fingerprint density at radius 1 is 0.889 bits per heavy atom. The van der Waals surface area contributed by atoms with Crippen molar-refractivity contribution in [1.82, 2.24) is 10.6 Å².